The molecule has 0 amide bonds. The van der Waals surface area contributed by atoms with E-state index < -0.39 is 0 Å². The predicted molar refractivity (Wildman–Crippen MR) is 81.1 cm³/mol. The first-order chi connectivity index (χ1) is 9.70. The summed E-state index contributed by atoms with van der Waals surface area (Å²) in [7, 11) is 0. The van der Waals surface area contributed by atoms with Crippen LogP contribution in [0.25, 0.3) is 11.5 Å². The molecule has 5 heteroatoms. The van der Waals surface area contributed by atoms with E-state index in [0.717, 1.165) is 35.6 Å². The Kier molecular flexibility index (Phi) is 4.17. The van der Waals surface area contributed by atoms with Gasteiger partial charge in [0.1, 0.15) is 0 Å². The van der Waals surface area contributed by atoms with Gasteiger partial charge in [-0.25, -0.2) is 0 Å². The summed E-state index contributed by atoms with van der Waals surface area (Å²) in [5, 5.41) is 8.31. The van der Waals surface area contributed by atoms with Gasteiger partial charge < -0.3 is 4.42 Å². The van der Waals surface area contributed by atoms with Crippen molar-refractivity contribution in [2.45, 2.75) is 26.3 Å². The van der Waals surface area contributed by atoms with Gasteiger partial charge in [-0.05, 0) is 49.6 Å². The molecule has 0 bridgehead atoms. The number of hydrogen-bond donors (Lipinski definition) is 0. The van der Waals surface area contributed by atoms with Crippen LogP contribution in [0.2, 0.25) is 0 Å². The van der Waals surface area contributed by atoms with Crippen molar-refractivity contribution in [1.82, 2.24) is 15.1 Å². The SMILES string of the molecule is C[C@H]1CCCN(Cc2nnc(-c3ccc(Br)cc3)o2)C1. The van der Waals surface area contributed by atoms with E-state index in [-0.39, 0.29) is 0 Å². The van der Waals surface area contributed by atoms with Gasteiger partial charge in [-0.1, -0.05) is 22.9 Å². The average Bonchev–Trinajstić information content (AvgIpc) is 2.88. The van der Waals surface area contributed by atoms with Crippen LogP contribution in [-0.2, 0) is 6.54 Å². The molecule has 3 rings (SSSR count). The van der Waals surface area contributed by atoms with E-state index in [1.54, 1.807) is 0 Å². The Morgan fingerprint density at radius 2 is 2.10 bits per heavy atom. The molecule has 2 aromatic rings. The van der Waals surface area contributed by atoms with Gasteiger partial charge >= 0.3 is 0 Å². The number of hydrogen-bond acceptors (Lipinski definition) is 4. The Balaban J connectivity index is 1.69. The second-order valence-corrected chi connectivity index (χ2v) is 6.41. The highest BCUT2D eigenvalue weighted by molar-refractivity contribution is 9.10. The van der Waals surface area contributed by atoms with Gasteiger partial charge in [0, 0.05) is 16.6 Å². The topological polar surface area (TPSA) is 42.2 Å². The van der Waals surface area contributed by atoms with Crippen molar-refractivity contribution in [1.29, 1.82) is 0 Å². The van der Waals surface area contributed by atoms with Crippen LogP contribution in [0.3, 0.4) is 0 Å². The predicted octanol–water partition coefficient (Wildman–Crippen LogP) is 3.73. The van der Waals surface area contributed by atoms with E-state index in [2.05, 4.69) is 38.0 Å². The Morgan fingerprint density at radius 3 is 2.85 bits per heavy atom. The van der Waals surface area contributed by atoms with Crippen molar-refractivity contribution >= 4 is 15.9 Å². The van der Waals surface area contributed by atoms with Crippen molar-refractivity contribution in [2.24, 2.45) is 5.92 Å². The van der Waals surface area contributed by atoms with E-state index in [1.807, 2.05) is 24.3 Å². The fourth-order valence-electron chi connectivity index (χ4n) is 2.65. The standard InChI is InChI=1S/C15H18BrN3O/c1-11-3-2-8-19(9-11)10-14-17-18-15(20-14)12-4-6-13(16)7-5-12/h4-7,11H,2-3,8-10H2,1H3/t11-/m0/s1. The lowest BCUT2D eigenvalue weighted by Gasteiger charge is -2.29. The zero-order valence-corrected chi connectivity index (χ0v) is 13.1. The lowest BCUT2D eigenvalue weighted by molar-refractivity contribution is 0.163. The number of nitrogens with zero attached hydrogens (tertiary/aromatic N) is 3. The molecular weight excluding hydrogens is 318 g/mol. The summed E-state index contributed by atoms with van der Waals surface area (Å²) in [6, 6.07) is 7.91. The fourth-order valence-corrected chi connectivity index (χ4v) is 2.91. The van der Waals surface area contributed by atoms with E-state index in [1.165, 1.54) is 12.8 Å². The van der Waals surface area contributed by atoms with Crippen molar-refractivity contribution in [3.63, 3.8) is 0 Å². The molecular formula is C15H18BrN3O. The van der Waals surface area contributed by atoms with Crippen LogP contribution in [0.4, 0.5) is 0 Å². The van der Waals surface area contributed by atoms with Gasteiger partial charge in [0.25, 0.3) is 0 Å². The molecule has 1 saturated heterocycles. The number of piperidine rings is 1. The van der Waals surface area contributed by atoms with Crippen molar-refractivity contribution < 1.29 is 4.42 Å². The van der Waals surface area contributed by atoms with Gasteiger partial charge in [0.15, 0.2) is 0 Å². The van der Waals surface area contributed by atoms with E-state index in [4.69, 9.17) is 4.42 Å². The van der Waals surface area contributed by atoms with Crippen LogP contribution < -0.4 is 0 Å². The molecule has 1 fully saturated rings. The molecule has 1 aliphatic heterocycles. The minimum Gasteiger partial charge on any atom is -0.419 e. The number of aromatic nitrogens is 2. The summed E-state index contributed by atoms with van der Waals surface area (Å²) >= 11 is 3.42. The summed E-state index contributed by atoms with van der Waals surface area (Å²) in [6.07, 6.45) is 2.58. The number of halogens is 1. The number of likely N-dealkylation sites (tertiary alicyclic amines) is 1. The second kappa shape index (κ2) is 6.06. The lowest BCUT2D eigenvalue weighted by atomic mass is 10.0. The second-order valence-electron chi connectivity index (χ2n) is 5.49. The molecule has 1 aromatic heterocycles. The van der Waals surface area contributed by atoms with Gasteiger partial charge in [-0.3, -0.25) is 4.90 Å². The molecule has 1 atom stereocenters. The summed E-state index contributed by atoms with van der Waals surface area (Å²) in [5.74, 6) is 2.06. The van der Waals surface area contributed by atoms with Crippen molar-refractivity contribution in [2.75, 3.05) is 13.1 Å². The summed E-state index contributed by atoms with van der Waals surface area (Å²) in [5.41, 5.74) is 0.957. The number of benzene rings is 1. The van der Waals surface area contributed by atoms with Crippen LogP contribution in [0.5, 0.6) is 0 Å². The first kappa shape index (κ1) is 13.8. The minimum absolute atomic E-state index is 0.595. The van der Waals surface area contributed by atoms with Crippen molar-refractivity contribution in [3.05, 3.63) is 34.6 Å². The third kappa shape index (κ3) is 3.27. The molecule has 2 heterocycles. The van der Waals surface area contributed by atoms with E-state index >= 15 is 0 Å². The smallest absolute Gasteiger partial charge is 0.247 e. The zero-order chi connectivity index (χ0) is 13.9. The fraction of sp³-hybridized carbons (Fsp3) is 0.467. The third-order valence-corrected chi connectivity index (χ3v) is 4.19. The normalized spacial score (nSPS) is 20.2. The molecule has 0 N–H and O–H groups in total. The molecule has 0 saturated carbocycles. The minimum atomic E-state index is 0.595. The first-order valence-corrected chi connectivity index (χ1v) is 7.80. The molecule has 0 unspecified atom stereocenters. The molecule has 1 aromatic carbocycles. The van der Waals surface area contributed by atoms with Crippen LogP contribution >= 0.6 is 15.9 Å². The zero-order valence-electron chi connectivity index (χ0n) is 11.6. The highest BCUT2D eigenvalue weighted by Crippen LogP contribution is 2.22. The Bertz CT molecular complexity index is 567. The highest BCUT2D eigenvalue weighted by Gasteiger charge is 2.18. The maximum Gasteiger partial charge on any atom is 0.247 e. The Labute approximate surface area is 127 Å². The van der Waals surface area contributed by atoms with Gasteiger partial charge in [-0.15, -0.1) is 10.2 Å². The first-order valence-electron chi connectivity index (χ1n) is 7.01. The summed E-state index contributed by atoms with van der Waals surface area (Å²) in [6.45, 7) is 5.30. The Morgan fingerprint density at radius 1 is 1.30 bits per heavy atom. The third-order valence-electron chi connectivity index (χ3n) is 3.66. The van der Waals surface area contributed by atoms with E-state index in [0.29, 0.717) is 11.8 Å². The highest BCUT2D eigenvalue weighted by atomic mass is 79.9. The van der Waals surface area contributed by atoms with Crippen LogP contribution in [-0.4, -0.2) is 28.2 Å². The van der Waals surface area contributed by atoms with Crippen LogP contribution in [0.1, 0.15) is 25.7 Å². The Hall–Kier alpha value is -1.20. The molecule has 20 heavy (non-hydrogen) atoms. The van der Waals surface area contributed by atoms with Gasteiger partial charge in [0.05, 0.1) is 6.54 Å². The van der Waals surface area contributed by atoms with Crippen LogP contribution in [0.15, 0.2) is 33.2 Å². The van der Waals surface area contributed by atoms with E-state index in [9.17, 15) is 0 Å². The van der Waals surface area contributed by atoms with Gasteiger partial charge in [-0.2, -0.15) is 0 Å². The molecule has 0 spiro atoms. The molecule has 4 nitrogen and oxygen atoms in total. The average molecular weight is 336 g/mol. The molecule has 0 radical (unpaired) electrons. The van der Waals surface area contributed by atoms with Crippen LogP contribution in [0, 0.1) is 5.92 Å². The molecule has 0 aliphatic carbocycles. The lowest BCUT2D eigenvalue weighted by Crippen LogP contribution is -2.33. The summed E-state index contributed by atoms with van der Waals surface area (Å²) in [4.78, 5) is 2.40. The molecule has 106 valence electrons. The maximum absolute atomic E-state index is 5.77. The monoisotopic (exact) mass is 335 g/mol. The van der Waals surface area contributed by atoms with Crippen molar-refractivity contribution in [3.8, 4) is 11.5 Å². The quantitative estimate of drug-likeness (QED) is 0.856. The summed E-state index contributed by atoms with van der Waals surface area (Å²) < 4.78 is 6.81. The maximum atomic E-state index is 5.77. The molecule has 1 aliphatic rings. The van der Waals surface area contributed by atoms with Gasteiger partial charge in [0.2, 0.25) is 11.8 Å². The largest absolute Gasteiger partial charge is 0.419 e. The number of rotatable bonds is 3.